The number of hydrogen-bond donors (Lipinski definition) is 1. The second-order valence-corrected chi connectivity index (χ2v) is 1.88. The van der Waals surface area contributed by atoms with Gasteiger partial charge in [-0.05, 0) is 6.92 Å². The Morgan fingerprint density at radius 3 is 2.38 bits per heavy atom. The molecule has 0 spiro atoms. The normalized spacial score (nSPS) is 8.75. The Balaban J connectivity index is 3.40. The summed E-state index contributed by atoms with van der Waals surface area (Å²) >= 11 is 0. The first-order valence-electron chi connectivity index (χ1n) is 2.53. The van der Waals surface area contributed by atoms with Crippen molar-refractivity contribution in [2.45, 2.75) is 13.3 Å². The van der Waals surface area contributed by atoms with Crippen molar-refractivity contribution in [3.8, 4) is 0 Å². The number of Topliss-reactive ketones (excluding diaryl/α,β-unsaturated/α-hetero) is 1. The molecule has 2 N–H and O–H groups in total. The van der Waals surface area contributed by atoms with Crippen LogP contribution in [0.1, 0.15) is 13.3 Å². The predicted octanol–water partition coefficient (Wildman–Crippen LogP) is 0.480. The van der Waals surface area contributed by atoms with Gasteiger partial charge in [-0.2, -0.15) is 0 Å². The van der Waals surface area contributed by atoms with Gasteiger partial charge < -0.3 is 5.73 Å². The van der Waals surface area contributed by atoms with Crippen LogP contribution in [0.15, 0.2) is 12.2 Å². The Morgan fingerprint density at radius 2 is 2.25 bits per heavy atom. The van der Waals surface area contributed by atoms with Crippen LogP contribution in [0.4, 0.5) is 0 Å². The van der Waals surface area contributed by atoms with E-state index in [0.717, 1.165) is 5.57 Å². The molecule has 46 valence electrons. The largest absolute Gasteiger partial charge is 0.324 e. The molecule has 0 bridgehead atoms. The van der Waals surface area contributed by atoms with Crippen molar-refractivity contribution in [2.24, 2.45) is 5.73 Å². The number of carbonyl (C=O) groups is 1. The monoisotopic (exact) mass is 113 g/mol. The molecule has 0 saturated heterocycles. The summed E-state index contributed by atoms with van der Waals surface area (Å²) in [6.07, 6.45) is 0.427. The Morgan fingerprint density at radius 1 is 1.75 bits per heavy atom. The lowest BCUT2D eigenvalue weighted by Crippen LogP contribution is -2.12. The molecule has 0 amide bonds. The quantitative estimate of drug-likeness (QED) is 0.541. The smallest absolute Gasteiger partial charge is 0.150 e. The van der Waals surface area contributed by atoms with Crippen LogP contribution in [-0.4, -0.2) is 12.3 Å². The van der Waals surface area contributed by atoms with Crippen molar-refractivity contribution in [1.29, 1.82) is 0 Å². The average Bonchev–Trinajstić information content (AvgIpc) is 1.65. The van der Waals surface area contributed by atoms with E-state index in [2.05, 4.69) is 6.58 Å². The summed E-state index contributed by atoms with van der Waals surface area (Å²) in [5.41, 5.74) is 5.91. The molecule has 0 aromatic heterocycles. The lowest BCUT2D eigenvalue weighted by atomic mass is 10.2. The molecular formula is C6H11NO. The minimum atomic E-state index is 0.0532. The van der Waals surface area contributed by atoms with E-state index in [1.54, 1.807) is 0 Å². The summed E-state index contributed by atoms with van der Waals surface area (Å²) in [6.45, 7) is 5.51. The van der Waals surface area contributed by atoms with E-state index in [1.807, 2.05) is 6.92 Å². The topological polar surface area (TPSA) is 43.1 Å². The van der Waals surface area contributed by atoms with Crippen molar-refractivity contribution < 1.29 is 4.79 Å². The summed E-state index contributed by atoms with van der Waals surface area (Å²) in [4.78, 5) is 10.4. The fraction of sp³-hybridized carbons (Fsp3) is 0.500. The van der Waals surface area contributed by atoms with Crippen LogP contribution in [-0.2, 0) is 4.79 Å². The summed E-state index contributed by atoms with van der Waals surface area (Å²) in [6, 6.07) is 0. The number of nitrogens with two attached hydrogens (primary N) is 1. The van der Waals surface area contributed by atoms with Gasteiger partial charge in [-0.15, -0.1) is 0 Å². The van der Waals surface area contributed by atoms with E-state index in [4.69, 9.17) is 5.73 Å². The summed E-state index contributed by atoms with van der Waals surface area (Å²) in [5, 5.41) is 0. The predicted molar refractivity (Wildman–Crippen MR) is 33.5 cm³/mol. The lowest BCUT2D eigenvalue weighted by Gasteiger charge is -1.92. The second kappa shape index (κ2) is 3.38. The van der Waals surface area contributed by atoms with Crippen LogP contribution in [0.5, 0.6) is 0 Å². The highest BCUT2D eigenvalue weighted by Gasteiger charge is 1.95. The molecule has 8 heavy (non-hydrogen) atoms. The summed E-state index contributed by atoms with van der Waals surface area (Å²) < 4.78 is 0. The average molecular weight is 113 g/mol. The van der Waals surface area contributed by atoms with Crippen LogP contribution in [0.3, 0.4) is 0 Å². The van der Waals surface area contributed by atoms with Crippen molar-refractivity contribution in [3.63, 3.8) is 0 Å². The van der Waals surface area contributed by atoms with E-state index >= 15 is 0 Å². The Kier molecular flexibility index (Phi) is 3.12. The van der Waals surface area contributed by atoms with Gasteiger partial charge in [-0.25, -0.2) is 0 Å². The zero-order valence-electron chi connectivity index (χ0n) is 5.11. The van der Waals surface area contributed by atoms with Gasteiger partial charge in [0.2, 0.25) is 0 Å². The molecule has 0 heterocycles. The van der Waals surface area contributed by atoms with Gasteiger partial charge in [0.05, 0.1) is 6.54 Å². The second-order valence-electron chi connectivity index (χ2n) is 1.88. The van der Waals surface area contributed by atoms with Crippen LogP contribution in [0.2, 0.25) is 0 Å². The van der Waals surface area contributed by atoms with Crippen LogP contribution >= 0.6 is 0 Å². The molecule has 0 aliphatic rings. The van der Waals surface area contributed by atoms with E-state index in [9.17, 15) is 4.79 Å². The molecular weight excluding hydrogens is 102 g/mol. The molecule has 2 heteroatoms. The van der Waals surface area contributed by atoms with Gasteiger partial charge in [-0.1, -0.05) is 12.2 Å². The minimum absolute atomic E-state index is 0.0532. The SMILES string of the molecule is C=C(C)CC(=O)CN. The molecule has 0 aliphatic heterocycles. The van der Waals surface area contributed by atoms with Crippen molar-refractivity contribution in [1.82, 2.24) is 0 Å². The zero-order valence-corrected chi connectivity index (χ0v) is 5.11. The molecule has 0 unspecified atom stereocenters. The number of rotatable bonds is 3. The van der Waals surface area contributed by atoms with Crippen molar-refractivity contribution >= 4 is 5.78 Å². The van der Waals surface area contributed by atoms with Gasteiger partial charge in [-0.3, -0.25) is 4.79 Å². The van der Waals surface area contributed by atoms with E-state index in [0.29, 0.717) is 6.42 Å². The minimum Gasteiger partial charge on any atom is -0.324 e. The highest BCUT2D eigenvalue weighted by atomic mass is 16.1. The standard InChI is InChI=1S/C6H11NO/c1-5(2)3-6(8)4-7/h1,3-4,7H2,2H3. The van der Waals surface area contributed by atoms with E-state index < -0.39 is 0 Å². The molecule has 2 nitrogen and oxygen atoms in total. The van der Waals surface area contributed by atoms with Gasteiger partial charge in [0, 0.05) is 6.42 Å². The first-order valence-corrected chi connectivity index (χ1v) is 2.53. The van der Waals surface area contributed by atoms with Crippen LogP contribution in [0.25, 0.3) is 0 Å². The van der Waals surface area contributed by atoms with Crippen LogP contribution < -0.4 is 5.73 Å². The first-order chi connectivity index (χ1) is 3.66. The summed E-state index contributed by atoms with van der Waals surface area (Å²) in [7, 11) is 0. The Hall–Kier alpha value is -0.630. The number of hydrogen-bond acceptors (Lipinski definition) is 2. The van der Waals surface area contributed by atoms with E-state index in [-0.39, 0.29) is 12.3 Å². The molecule has 0 aromatic rings. The number of ketones is 1. The fourth-order valence-corrected chi connectivity index (χ4v) is 0.409. The third kappa shape index (κ3) is 3.56. The van der Waals surface area contributed by atoms with Gasteiger partial charge in [0.15, 0.2) is 0 Å². The molecule has 0 rings (SSSR count). The maximum Gasteiger partial charge on any atom is 0.150 e. The lowest BCUT2D eigenvalue weighted by molar-refractivity contribution is -0.117. The zero-order chi connectivity index (χ0) is 6.57. The third-order valence-corrected chi connectivity index (χ3v) is 0.727. The summed E-state index contributed by atoms with van der Waals surface area (Å²) in [5.74, 6) is 0.0532. The van der Waals surface area contributed by atoms with Gasteiger partial charge in [0.1, 0.15) is 5.78 Å². The maximum absolute atomic E-state index is 10.4. The highest BCUT2D eigenvalue weighted by Crippen LogP contribution is 1.93. The Labute approximate surface area is 49.4 Å². The fourth-order valence-electron chi connectivity index (χ4n) is 0.409. The Bertz CT molecular complexity index is 107. The molecule has 0 radical (unpaired) electrons. The van der Waals surface area contributed by atoms with E-state index in [1.165, 1.54) is 0 Å². The van der Waals surface area contributed by atoms with Crippen LogP contribution in [0, 0.1) is 0 Å². The maximum atomic E-state index is 10.4. The molecule has 0 aromatic carbocycles. The molecule has 0 atom stereocenters. The molecule has 0 fully saturated rings. The van der Waals surface area contributed by atoms with Gasteiger partial charge in [0.25, 0.3) is 0 Å². The van der Waals surface area contributed by atoms with Crippen molar-refractivity contribution in [3.05, 3.63) is 12.2 Å². The highest BCUT2D eigenvalue weighted by molar-refractivity contribution is 5.82. The number of carbonyl (C=O) groups excluding carboxylic acids is 1. The molecule has 0 saturated carbocycles. The number of allylic oxidation sites excluding steroid dienone is 1. The van der Waals surface area contributed by atoms with Crippen molar-refractivity contribution in [2.75, 3.05) is 6.54 Å². The molecule has 0 aliphatic carbocycles. The first kappa shape index (κ1) is 7.37. The van der Waals surface area contributed by atoms with Gasteiger partial charge >= 0.3 is 0 Å². The third-order valence-electron chi connectivity index (χ3n) is 0.727.